The quantitative estimate of drug-likeness (QED) is 0.160. The van der Waals surface area contributed by atoms with Crippen LogP contribution in [0, 0.1) is 6.92 Å². The zero-order valence-electron chi connectivity index (χ0n) is 24.3. The van der Waals surface area contributed by atoms with E-state index < -0.39 is 5.97 Å². The molecule has 0 aliphatic carbocycles. The predicted octanol–water partition coefficient (Wildman–Crippen LogP) is 5.43. The second-order valence-corrected chi connectivity index (χ2v) is 10.7. The molecule has 0 unspecified atom stereocenters. The summed E-state index contributed by atoms with van der Waals surface area (Å²) in [5.41, 5.74) is 4.63. The summed E-state index contributed by atoms with van der Waals surface area (Å²) in [6.07, 6.45) is 2.31. The van der Waals surface area contributed by atoms with Gasteiger partial charge in [0.25, 0.3) is 5.56 Å². The van der Waals surface area contributed by atoms with Crippen LogP contribution in [0.3, 0.4) is 0 Å². The third kappa shape index (κ3) is 5.92. The van der Waals surface area contributed by atoms with E-state index in [9.17, 15) is 9.59 Å². The minimum Gasteiger partial charge on any atom is -0.462 e. The number of esters is 1. The Morgan fingerprint density at radius 1 is 1.07 bits per heavy atom. The number of ether oxygens (including phenoxy) is 2. The Morgan fingerprint density at radius 3 is 2.45 bits per heavy atom. The van der Waals surface area contributed by atoms with Gasteiger partial charge in [-0.25, -0.2) is 14.8 Å². The zero-order valence-corrected chi connectivity index (χ0v) is 24.3. The van der Waals surface area contributed by atoms with Crippen molar-refractivity contribution in [1.82, 2.24) is 14.0 Å². The summed E-state index contributed by atoms with van der Waals surface area (Å²) in [4.78, 5) is 36.7. The van der Waals surface area contributed by atoms with Crippen LogP contribution in [0.1, 0.15) is 68.1 Å². The van der Waals surface area contributed by atoms with Gasteiger partial charge < -0.3 is 14.0 Å². The van der Waals surface area contributed by atoms with Crippen LogP contribution in [0.25, 0.3) is 22.4 Å². The maximum absolute atomic E-state index is 13.7. The van der Waals surface area contributed by atoms with E-state index in [-0.39, 0.29) is 23.1 Å². The highest BCUT2D eigenvalue weighted by molar-refractivity contribution is 5.93. The zero-order chi connectivity index (χ0) is 29.0. The number of fused-ring (bicyclic) bond motifs is 2. The molecule has 8 nitrogen and oxygen atoms in total. The Morgan fingerprint density at radius 2 is 1.80 bits per heavy atom. The summed E-state index contributed by atoms with van der Waals surface area (Å²) < 4.78 is 14.3. The highest BCUT2D eigenvalue weighted by atomic mass is 16.5. The summed E-state index contributed by atoms with van der Waals surface area (Å²) >= 11 is 0. The number of carbonyl (C=O) groups is 1. The van der Waals surface area contributed by atoms with Gasteiger partial charge in [0.1, 0.15) is 22.3 Å². The molecule has 40 heavy (non-hydrogen) atoms. The maximum atomic E-state index is 13.7. The molecular formula is C32H38N4O4. The van der Waals surface area contributed by atoms with Gasteiger partial charge >= 0.3 is 5.97 Å². The van der Waals surface area contributed by atoms with Gasteiger partial charge in [-0.3, -0.25) is 9.20 Å². The van der Waals surface area contributed by atoms with Gasteiger partial charge in [0, 0.05) is 26.0 Å². The van der Waals surface area contributed by atoms with Crippen molar-refractivity contribution in [3.8, 4) is 0 Å². The van der Waals surface area contributed by atoms with E-state index in [1.54, 1.807) is 25.3 Å². The van der Waals surface area contributed by atoms with Gasteiger partial charge in [-0.15, -0.1) is 0 Å². The molecule has 8 heteroatoms. The number of hydrogen-bond donors (Lipinski definition) is 0. The van der Waals surface area contributed by atoms with Crippen molar-refractivity contribution in [2.45, 2.75) is 59.9 Å². The summed E-state index contributed by atoms with van der Waals surface area (Å²) in [6.45, 7) is 18.0. The summed E-state index contributed by atoms with van der Waals surface area (Å²) in [5.74, 6) is -0.564. The predicted molar refractivity (Wildman–Crippen MR) is 159 cm³/mol. The van der Waals surface area contributed by atoms with Crippen molar-refractivity contribution in [2.24, 2.45) is 4.99 Å². The van der Waals surface area contributed by atoms with Crippen molar-refractivity contribution in [3.63, 3.8) is 0 Å². The molecule has 1 aromatic carbocycles. The number of aromatic nitrogens is 3. The van der Waals surface area contributed by atoms with E-state index in [1.807, 2.05) is 36.6 Å². The number of pyridine rings is 2. The Labute approximate surface area is 234 Å². The molecule has 0 atom stereocenters. The molecule has 0 bridgehead atoms. The van der Waals surface area contributed by atoms with E-state index >= 15 is 0 Å². The lowest BCUT2D eigenvalue weighted by Crippen LogP contribution is -2.32. The Bertz CT molecular complexity index is 1690. The van der Waals surface area contributed by atoms with E-state index in [2.05, 4.69) is 39.5 Å². The fraction of sp³-hybridized carbons (Fsp3) is 0.375. The summed E-state index contributed by atoms with van der Waals surface area (Å²) in [7, 11) is 0. The van der Waals surface area contributed by atoms with Crippen LogP contribution in [-0.2, 0) is 21.4 Å². The number of rotatable bonds is 9. The van der Waals surface area contributed by atoms with Crippen LogP contribution in [0.4, 0.5) is 0 Å². The molecule has 0 N–H and O–H groups in total. The Balaban J connectivity index is 2.03. The highest BCUT2D eigenvalue weighted by Crippen LogP contribution is 2.24. The van der Waals surface area contributed by atoms with Crippen LogP contribution < -0.4 is 11.0 Å². The normalized spacial score (nSPS) is 12.3. The molecule has 0 aliphatic rings. The van der Waals surface area contributed by atoms with Crippen molar-refractivity contribution < 1.29 is 14.3 Å². The smallest absolute Gasteiger partial charge is 0.341 e. The fourth-order valence-corrected chi connectivity index (χ4v) is 4.60. The lowest BCUT2D eigenvalue weighted by Gasteiger charge is -2.19. The van der Waals surface area contributed by atoms with E-state index in [4.69, 9.17) is 19.5 Å². The first kappa shape index (κ1) is 29.0. The molecule has 0 saturated heterocycles. The summed E-state index contributed by atoms with van der Waals surface area (Å²) in [5, 5.41) is 0.307. The fourth-order valence-electron chi connectivity index (χ4n) is 4.60. The first-order valence-corrected chi connectivity index (χ1v) is 13.7. The van der Waals surface area contributed by atoms with Crippen LogP contribution in [-0.4, -0.2) is 39.7 Å². The number of hydrogen-bond acceptors (Lipinski definition) is 6. The third-order valence-corrected chi connectivity index (χ3v) is 6.80. The van der Waals surface area contributed by atoms with E-state index in [0.29, 0.717) is 54.0 Å². The number of aryl methyl sites for hydroxylation is 2. The first-order valence-electron chi connectivity index (χ1n) is 13.7. The van der Waals surface area contributed by atoms with Crippen LogP contribution >= 0.6 is 0 Å². The Kier molecular flexibility index (Phi) is 8.69. The lowest BCUT2D eigenvalue weighted by atomic mass is 9.86. The standard InChI is InChI=1S/C32H38N4O4/c1-8-39-19-11-18-35-28-25(30(37)36-17-10-12-21(3)27(36)34-28)20-26(31(38)40-9-2)29(35)33-22(4)23-13-15-24(16-14-23)32(5,6)7/h10,12-17,20H,4,8-9,11,18-19H2,1-3,5-7H3. The molecule has 210 valence electrons. The number of carbonyl (C=O) groups excluding carboxylic acids is 1. The van der Waals surface area contributed by atoms with Crippen molar-refractivity contribution in [2.75, 3.05) is 19.8 Å². The summed E-state index contributed by atoms with van der Waals surface area (Å²) in [6, 6.07) is 13.4. The molecule has 0 spiro atoms. The van der Waals surface area contributed by atoms with Gasteiger partial charge in [-0.1, -0.05) is 57.7 Å². The molecule has 0 radical (unpaired) electrons. The maximum Gasteiger partial charge on any atom is 0.341 e. The van der Waals surface area contributed by atoms with Crippen molar-refractivity contribution >= 4 is 28.3 Å². The lowest BCUT2D eigenvalue weighted by molar-refractivity contribution is 0.0523. The van der Waals surface area contributed by atoms with Crippen molar-refractivity contribution in [1.29, 1.82) is 0 Å². The minimum absolute atomic E-state index is 0.0106. The van der Waals surface area contributed by atoms with Crippen LogP contribution in [0.15, 0.2) is 65.0 Å². The van der Waals surface area contributed by atoms with Gasteiger partial charge in [0.15, 0.2) is 0 Å². The second-order valence-electron chi connectivity index (χ2n) is 10.7. The number of benzene rings is 1. The number of nitrogens with zero attached hydrogens (tertiary/aromatic N) is 4. The monoisotopic (exact) mass is 542 g/mol. The van der Waals surface area contributed by atoms with Crippen LogP contribution in [0.5, 0.6) is 0 Å². The molecule has 4 aromatic rings. The van der Waals surface area contributed by atoms with Crippen molar-refractivity contribution in [3.05, 3.63) is 93.3 Å². The molecule has 4 rings (SSSR count). The van der Waals surface area contributed by atoms with Gasteiger partial charge in [0.2, 0.25) is 0 Å². The van der Waals surface area contributed by atoms with Gasteiger partial charge in [-0.2, -0.15) is 0 Å². The first-order chi connectivity index (χ1) is 19.1. The third-order valence-electron chi connectivity index (χ3n) is 6.80. The molecule has 0 saturated carbocycles. The molecule has 3 aromatic heterocycles. The average Bonchev–Trinajstić information content (AvgIpc) is 2.92. The molecule has 0 amide bonds. The SMILES string of the molecule is C=C(N=c1c(C(=O)OCC)cc2c(=O)n3cccc(C)c3nc2n1CCCOCC)c1ccc(C(C)(C)C)cc1. The van der Waals surface area contributed by atoms with E-state index in [0.717, 1.165) is 11.1 Å². The van der Waals surface area contributed by atoms with Gasteiger partial charge in [-0.05, 0) is 61.4 Å². The molecule has 0 aliphatic heterocycles. The topological polar surface area (TPSA) is 87.2 Å². The molecular weight excluding hydrogens is 504 g/mol. The average molecular weight is 543 g/mol. The van der Waals surface area contributed by atoms with Gasteiger partial charge in [0.05, 0.1) is 17.7 Å². The largest absolute Gasteiger partial charge is 0.462 e. The molecule has 3 heterocycles. The minimum atomic E-state index is -0.564. The van der Waals surface area contributed by atoms with Crippen LogP contribution in [0.2, 0.25) is 0 Å². The molecule has 0 fully saturated rings. The Hall–Kier alpha value is -4.04. The highest BCUT2D eigenvalue weighted by Gasteiger charge is 2.20. The van der Waals surface area contributed by atoms with E-state index in [1.165, 1.54) is 9.96 Å². The second kappa shape index (κ2) is 12.0.